The molecule has 0 fully saturated rings. The average Bonchev–Trinajstić information content (AvgIpc) is 2.36. The smallest absolute Gasteiger partial charge is 0.240 e. The molecule has 0 atom stereocenters. The Morgan fingerprint density at radius 1 is 1.39 bits per heavy atom. The van der Waals surface area contributed by atoms with Crippen LogP contribution in [0.1, 0.15) is 6.42 Å². The predicted octanol–water partition coefficient (Wildman–Crippen LogP) is 0.625. The summed E-state index contributed by atoms with van der Waals surface area (Å²) in [6.45, 7) is 1.31. The van der Waals surface area contributed by atoms with Crippen LogP contribution in [0.5, 0.6) is 0 Å². The Morgan fingerprint density at radius 3 is 2.72 bits per heavy atom. The van der Waals surface area contributed by atoms with E-state index in [1.807, 2.05) is 0 Å². The van der Waals surface area contributed by atoms with Crippen molar-refractivity contribution in [2.75, 3.05) is 38.4 Å². The van der Waals surface area contributed by atoms with E-state index in [4.69, 9.17) is 10.5 Å². The van der Waals surface area contributed by atoms with Gasteiger partial charge in [-0.25, -0.2) is 13.1 Å². The third-order valence-corrected chi connectivity index (χ3v) is 3.86. The van der Waals surface area contributed by atoms with Crippen LogP contribution in [0.15, 0.2) is 23.1 Å². The van der Waals surface area contributed by atoms with Crippen molar-refractivity contribution >= 4 is 21.4 Å². The lowest BCUT2D eigenvalue weighted by Gasteiger charge is -2.11. The highest BCUT2D eigenvalue weighted by Gasteiger charge is 2.12. The fourth-order valence-corrected chi connectivity index (χ4v) is 2.17. The third-order valence-electron chi connectivity index (χ3n) is 2.44. The molecule has 7 heteroatoms. The van der Waals surface area contributed by atoms with E-state index >= 15 is 0 Å². The molecule has 0 aromatic heterocycles. The topological polar surface area (TPSA) is 93.5 Å². The lowest BCUT2D eigenvalue weighted by molar-refractivity contribution is 0.198. The lowest BCUT2D eigenvalue weighted by atomic mass is 10.2. The zero-order valence-corrected chi connectivity index (χ0v) is 11.4. The lowest BCUT2D eigenvalue weighted by Crippen LogP contribution is -2.19. The second kappa shape index (κ2) is 6.58. The Hall–Kier alpha value is -1.31. The van der Waals surface area contributed by atoms with Crippen molar-refractivity contribution in [2.45, 2.75) is 11.3 Å². The molecule has 1 aromatic carbocycles. The van der Waals surface area contributed by atoms with E-state index in [1.54, 1.807) is 13.2 Å². The van der Waals surface area contributed by atoms with Gasteiger partial charge in [-0.1, -0.05) is 0 Å². The molecule has 0 aliphatic carbocycles. The average molecular weight is 273 g/mol. The van der Waals surface area contributed by atoms with Crippen molar-refractivity contribution in [3.63, 3.8) is 0 Å². The van der Waals surface area contributed by atoms with Gasteiger partial charge in [-0.3, -0.25) is 0 Å². The maximum Gasteiger partial charge on any atom is 0.240 e. The van der Waals surface area contributed by atoms with Crippen LogP contribution in [0.25, 0.3) is 0 Å². The number of sulfonamides is 1. The first-order chi connectivity index (χ1) is 8.51. The summed E-state index contributed by atoms with van der Waals surface area (Å²) in [6.07, 6.45) is 0.818. The third kappa shape index (κ3) is 3.86. The number of benzene rings is 1. The molecule has 6 nitrogen and oxygen atoms in total. The summed E-state index contributed by atoms with van der Waals surface area (Å²) in [6, 6.07) is 4.57. The molecule has 0 bridgehead atoms. The van der Waals surface area contributed by atoms with Gasteiger partial charge in [0, 0.05) is 20.3 Å². The second-order valence-electron chi connectivity index (χ2n) is 3.73. The zero-order chi connectivity index (χ0) is 13.6. The maximum absolute atomic E-state index is 11.6. The fraction of sp³-hybridized carbons (Fsp3) is 0.455. The standard InChI is InChI=1S/C11H19N3O3S/c1-13-18(15,16)9-4-5-10(12)11(8-9)14-6-3-7-17-2/h4-5,8,13-14H,3,6-7,12H2,1-2H3. The highest BCUT2D eigenvalue weighted by molar-refractivity contribution is 7.89. The molecule has 0 unspecified atom stereocenters. The molecule has 0 aliphatic rings. The summed E-state index contributed by atoms with van der Waals surface area (Å²) in [5.41, 5.74) is 6.91. The highest BCUT2D eigenvalue weighted by Crippen LogP contribution is 2.22. The van der Waals surface area contributed by atoms with Gasteiger partial charge in [0.15, 0.2) is 0 Å². The molecule has 4 N–H and O–H groups in total. The van der Waals surface area contributed by atoms with Crippen LogP contribution in [-0.4, -0.2) is 35.7 Å². The van der Waals surface area contributed by atoms with Gasteiger partial charge in [-0.15, -0.1) is 0 Å². The number of rotatable bonds is 7. The van der Waals surface area contributed by atoms with Gasteiger partial charge in [0.05, 0.1) is 16.3 Å². The van der Waals surface area contributed by atoms with E-state index in [9.17, 15) is 8.42 Å². The van der Waals surface area contributed by atoms with Crippen molar-refractivity contribution in [2.24, 2.45) is 0 Å². The summed E-state index contributed by atoms with van der Waals surface area (Å²) in [5.74, 6) is 0. The molecule has 0 heterocycles. The first-order valence-electron chi connectivity index (χ1n) is 5.57. The molecule has 0 radical (unpaired) electrons. The van der Waals surface area contributed by atoms with Crippen LogP contribution >= 0.6 is 0 Å². The number of nitrogens with two attached hydrogens (primary N) is 1. The van der Waals surface area contributed by atoms with Gasteiger partial charge in [-0.05, 0) is 31.7 Å². The minimum Gasteiger partial charge on any atom is -0.397 e. The fourth-order valence-electron chi connectivity index (χ4n) is 1.41. The molecule has 18 heavy (non-hydrogen) atoms. The Kier molecular flexibility index (Phi) is 5.39. The summed E-state index contributed by atoms with van der Waals surface area (Å²) < 4.78 is 30.5. The van der Waals surface area contributed by atoms with Crippen molar-refractivity contribution in [1.82, 2.24) is 4.72 Å². The first-order valence-corrected chi connectivity index (χ1v) is 7.05. The van der Waals surface area contributed by atoms with Gasteiger partial charge in [0.2, 0.25) is 10.0 Å². The number of methoxy groups -OCH3 is 1. The molecular weight excluding hydrogens is 254 g/mol. The minimum absolute atomic E-state index is 0.188. The van der Waals surface area contributed by atoms with Gasteiger partial charge in [0.1, 0.15) is 0 Å². The Labute approximate surface area is 108 Å². The van der Waals surface area contributed by atoms with Crippen LogP contribution < -0.4 is 15.8 Å². The van der Waals surface area contributed by atoms with E-state index in [0.29, 0.717) is 24.5 Å². The summed E-state index contributed by atoms with van der Waals surface area (Å²) in [4.78, 5) is 0.188. The number of ether oxygens (including phenoxy) is 1. The molecule has 0 saturated carbocycles. The van der Waals surface area contributed by atoms with Crippen LogP contribution in [0, 0.1) is 0 Å². The van der Waals surface area contributed by atoms with Crippen LogP contribution in [0.4, 0.5) is 11.4 Å². The molecule has 0 spiro atoms. The van der Waals surface area contributed by atoms with Crippen molar-refractivity contribution in [3.8, 4) is 0 Å². The summed E-state index contributed by atoms with van der Waals surface area (Å²) in [7, 11) is -0.437. The SMILES string of the molecule is CNS(=O)(=O)c1ccc(N)c(NCCCOC)c1. The van der Waals surface area contributed by atoms with Crippen molar-refractivity contribution in [1.29, 1.82) is 0 Å². The van der Waals surface area contributed by atoms with E-state index in [2.05, 4.69) is 10.0 Å². The molecule has 1 rings (SSSR count). The molecule has 1 aromatic rings. The van der Waals surface area contributed by atoms with Crippen LogP contribution in [0.3, 0.4) is 0 Å². The quantitative estimate of drug-likeness (QED) is 0.500. The summed E-state index contributed by atoms with van der Waals surface area (Å²) >= 11 is 0. The van der Waals surface area contributed by atoms with E-state index in [0.717, 1.165) is 6.42 Å². The molecular formula is C11H19N3O3S. The van der Waals surface area contributed by atoms with Crippen LogP contribution in [-0.2, 0) is 14.8 Å². The Morgan fingerprint density at radius 2 is 2.11 bits per heavy atom. The zero-order valence-electron chi connectivity index (χ0n) is 10.6. The maximum atomic E-state index is 11.6. The number of hydrogen-bond acceptors (Lipinski definition) is 5. The van der Waals surface area contributed by atoms with E-state index in [-0.39, 0.29) is 4.90 Å². The Bertz CT molecular complexity index is 488. The number of nitrogen functional groups attached to an aromatic ring is 1. The number of nitrogens with one attached hydrogen (secondary N) is 2. The van der Waals surface area contributed by atoms with E-state index < -0.39 is 10.0 Å². The highest BCUT2D eigenvalue weighted by atomic mass is 32.2. The van der Waals surface area contributed by atoms with E-state index in [1.165, 1.54) is 19.2 Å². The molecule has 0 aliphatic heterocycles. The van der Waals surface area contributed by atoms with Gasteiger partial charge in [-0.2, -0.15) is 0 Å². The van der Waals surface area contributed by atoms with Crippen molar-refractivity contribution in [3.05, 3.63) is 18.2 Å². The minimum atomic E-state index is -3.44. The monoisotopic (exact) mass is 273 g/mol. The number of hydrogen-bond donors (Lipinski definition) is 3. The molecule has 102 valence electrons. The largest absolute Gasteiger partial charge is 0.397 e. The molecule has 0 saturated heterocycles. The second-order valence-corrected chi connectivity index (χ2v) is 5.62. The predicted molar refractivity (Wildman–Crippen MR) is 72.1 cm³/mol. The van der Waals surface area contributed by atoms with Gasteiger partial charge < -0.3 is 15.8 Å². The normalized spacial score (nSPS) is 11.4. The van der Waals surface area contributed by atoms with Crippen LogP contribution in [0.2, 0.25) is 0 Å². The van der Waals surface area contributed by atoms with Gasteiger partial charge >= 0.3 is 0 Å². The summed E-state index contributed by atoms with van der Waals surface area (Å²) in [5, 5.41) is 3.09. The van der Waals surface area contributed by atoms with Crippen molar-refractivity contribution < 1.29 is 13.2 Å². The first kappa shape index (κ1) is 14.7. The number of anilines is 2. The molecule has 0 amide bonds. The van der Waals surface area contributed by atoms with Gasteiger partial charge in [0.25, 0.3) is 0 Å². The Balaban J connectivity index is 2.82.